The number of halogens is 1. The zero-order chi connectivity index (χ0) is 15.7. The predicted molar refractivity (Wildman–Crippen MR) is 87.1 cm³/mol. The summed E-state index contributed by atoms with van der Waals surface area (Å²) in [6.07, 6.45) is 0.248. The van der Waals surface area contributed by atoms with Crippen molar-refractivity contribution in [2.45, 2.75) is 12.5 Å². The second-order valence-corrected chi connectivity index (χ2v) is 6.17. The standard InChI is InChI=1S/C16H17BrN2O3/c1-19-7-6-10-8-11(2-3-12(10)19)13(20)9-18-16(21)14-4-5-15(17)22-14/h2-5,8,13,20H,6-7,9H2,1H3,(H,18,21). The molecule has 2 aromatic rings. The molecular weight excluding hydrogens is 348 g/mol. The molecule has 0 fully saturated rings. The summed E-state index contributed by atoms with van der Waals surface area (Å²) >= 11 is 3.15. The highest BCUT2D eigenvalue weighted by Gasteiger charge is 2.18. The van der Waals surface area contributed by atoms with Gasteiger partial charge in [0.05, 0.1) is 6.10 Å². The van der Waals surface area contributed by atoms with E-state index in [2.05, 4.69) is 33.2 Å². The van der Waals surface area contributed by atoms with Gasteiger partial charge < -0.3 is 19.7 Å². The average molecular weight is 365 g/mol. The number of benzene rings is 1. The molecule has 0 spiro atoms. The number of aliphatic hydroxyl groups is 1. The van der Waals surface area contributed by atoms with E-state index in [1.807, 2.05) is 18.2 Å². The number of nitrogens with zero attached hydrogens (tertiary/aromatic N) is 1. The third-order valence-corrected chi connectivity index (χ3v) is 4.30. The molecule has 1 unspecified atom stereocenters. The van der Waals surface area contributed by atoms with E-state index in [0.29, 0.717) is 4.67 Å². The van der Waals surface area contributed by atoms with E-state index in [1.165, 1.54) is 11.3 Å². The van der Waals surface area contributed by atoms with Gasteiger partial charge in [-0.05, 0) is 51.7 Å². The molecule has 1 amide bonds. The number of carbonyl (C=O) groups excluding carboxylic acids is 1. The van der Waals surface area contributed by atoms with Crippen molar-refractivity contribution < 1.29 is 14.3 Å². The Balaban J connectivity index is 1.63. The first kappa shape index (κ1) is 15.1. The zero-order valence-electron chi connectivity index (χ0n) is 12.2. The van der Waals surface area contributed by atoms with Gasteiger partial charge in [-0.3, -0.25) is 4.79 Å². The Kier molecular flexibility index (Phi) is 4.22. The normalized spacial score (nSPS) is 14.8. The number of amides is 1. The molecule has 0 saturated carbocycles. The maximum atomic E-state index is 11.9. The molecular formula is C16H17BrN2O3. The van der Waals surface area contributed by atoms with Gasteiger partial charge in [0.25, 0.3) is 5.91 Å². The maximum Gasteiger partial charge on any atom is 0.287 e. The highest BCUT2D eigenvalue weighted by atomic mass is 79.9. The summed E-state index contributed by atoms with van der Waals surface area (Å²) < 4.78 is 5.67. The number of rotatable bonds is 4. The summed E-state index contributed by atoms with van der Waals surface area (Å²) in [7, 11) is 2.06. The summed E-state index contributed by atoms with van der Waals surface area (Å²) in [5, 5.41) is 12.9. The lowest BCUT2D eigenvalue weighted by atomic mass is 10.0. The first-order valence-corrected chi connectivity index (χ1v) is 7.89. The molecule has 6 heteroatoms. The van der Waals surface area contributed by atoms with Crippen molar-refractivity contribution in [3.63, 3.8) is 0 Å². The van der Waals surface area contributed by atoms with Gasteiger partial charge in [0.2, 0.25) is 0 Å². The fraction of sp³-hybridized carbons (Fsp3) is 0.312. The molecule has 116 valence electrons. The quantitative estimate of drug-likeness (QED) is 0.874. The largest absolute Gasteiger partial charge is 0.444 e. The molecule has 3 rings (SSSR count). The van der Waals surface area contributed by atoms with Crippen LogP contribution in [0, 0.1) is 0 Å². The van der Waals surface area contributed by atoms with E-state index in [1.54, 1.807) is 12.1 Å². The summed E-state index contributed by atoms with van der Waals surface area (Å²) in [4.78, 5) is 14.1. The number of furan rings is 1. The minimum atomic E-state index is -0.737. The van der Waals surface area contributed by atoms with Crippen molar-refractivity contribution in [1.29, 1.82) is 0 Å². The Morgan fingerprint density at radius 1 is 1.45 bits per heavy atom. The number of hydrogen-bond donors (Lipinski definition) is 2. The number of nitrogens with one attached hydrogen (secondary N) is 1. The van der Waals surface area contributed by atoms with Crippen LogP contribution >= 0.6 is 15.9 Å². The Bertz CT molecular complexity index is 698. The monoisotopic (exact) mass is 364 g/mol. The van der Waals surface area contributed by atoms with Crippen molar-refractivity contribution in [2.24, 2.45) is 0 Å². The molecule has 1 aromatic carbocycles. The van der Waals surface area contributed by atoms with Gasteiger partial charge in [-0.2, -0.15) is 0 Å². The average Bonchev–Trinajstić information content (AvgIpc) is 3.11. The van der Waals surface area contributed by atoms with Crippen LogP contribution < -0.4 is 10.2 Å². The predicted octanol–water partition coefficient (Wildman–Crippen LogP) is 2.50. The van der Waals surface area contributed by atoms with Crippen LogP contribution in [-0.2, 0) is 6.42 Å². The Morgan fingerprint density at radius 2 is 2.27 bits per heavy atom. The van der Waals surface area contributed by atoms with Crippen LogP contribution in [0.1, 0.15) is 27.8 Å². The summed E-state index contributed by atoms with van der Waals surface area (Å²) in [5.74, 6) is -0.125. The van der Waals surface area contributed by atoms with Crippen LogP contribution in [0.3, 0.4) is 0 Å². The molecule has 1 aliphatic heterocycles. The molecule has 0 radical (unpaired) electrons. The Hall–Kier alpha value is -1.79. The second kappa shape index (κ2) is 6.14. The smallest absolute Gasteiger partial charge is 0.287 e. The third-order valence-electron chi connectivity index (χ3n) is 3.87. The van der Waals surface area contributed by atoms with Crippen LogP contribution in [0.2, 0.25) is 0 Å². The third kappa shape index (κ3) is 3.03. The van der Waals surface area contributed by atoms with E-state index < -0.39 is 6.10 Å². The van der Waals surface area contributed by atoms with Gasteiger partial charge >= 0.3 is 0 Å². The first-order valence-electron chi connectivity index (χ1n) is 7.10. The molecule has 22 heavy (non-hydrogen) atoms. The van der Waals surface area contributed by atoms with Crippen molar-refractivity contribution >= 4 is 27.5 Å². The van der Waals surface area contributed by atoms with E-state index in [4.69, 9.17) is 4.42 Å². The highest BCUT2D eigenvalue weighted by Crippen LogP contribution is 2.29. The summed E-state index contributed by atoms with van der Waals surface area (Å²) in [5.41, 5.74) is 3.26. The van der Waals surface area contributed by atoms with Gasteiger partial charge in [-0.25, -0.2) is 0 Å². The maximum absolute atomic E-state index is 11.9. The molecule has 0 saturated heterocycles. The fourth-order valence-electron chi connectivity index (χ4n) is 2.62. The minimum Gasteiger partial charge on any atom is -0.444 e. The lowest BCUT2D eigenvalue weighted by molar-refractivity contribution is 0.0888. The first-order chi connectivity index (χ1) is 10.5. The van der Waals surface area contributed by atoms with E-state index in [9.17, 15) is 9.90 Å². The Morgan fingerprint density at radius 3 is 3.00 bits per heavy atom. The second-order valence-electron chi connectivity index (χ2n) is 5.39. The van der Waals surface area contributed by atoms with Gasteiger partial charge in [-0.1, -0.05) is 12.1 Å². The number of anilines is 1. The van der Waals surface area contributed by atoms with Crippen LogP contribution in [0.25, 0.3) is 0 Å². The zero-order valence-corrected chi connectivity index (χ0v) is 13.8. The topological polar surface area (TPSA) is 65.7 Å². The van der Waals surface area contributed by atoms with Crippen LogP contribution in [0.4, 0.5) is 5.69 Å². The molecule has 2 heterocycles. The van der Waals surface area contributed by atoms with Crippen LogP contribution in [-0.4, -0.2) is 31.2 Å². The SMILES string of the molecule is CN1CCc2cc(C(O)CNC(=O)c3ccc(Br)o3)ccc21. The van der Waals surface area contributed by atoms with Crippen LogP contribution in [0.5, 0.6) is 0 Å². The molecule has 1 aromatic heterocycles. The van der Waals surface area contributed by atoms with Crippen molar-refractivity contribution in [3.8, 4) is 0 Å². The molecule has 0 bridgehead atoms. The molecule has 0 aliphatic carbocycles. The molecule has 1 atom stereocenters. The number of fused-ring (bicyclic) bond motifs is 1. The number of hydrogen-bond acceptors (Lipinski definition) is 4. The summed E-state index contributed by atoms with van der Waals surface area (Å²) in [6.45, 7) is 1.14. The Labute approximate surface area is 137 Å². The summed E-state index contributed by atoms with van der Waals surface area (Å²) in [6, 6.07) is 9.17. The van der Waals surface area contributed by atoms with Crippen LogP contribution in [0.15, 0.2) is 39.4 Å². The lowest BCUT2D eigenvalue weighted by Gasteiger charge is -2.15. The van der Waals surface area contributed by atoms with Gasteiger partial charge in [0.1, 0.15) is 0 Å². The molecule has 2 N–H and O–H groups in total. The fourth-order valence-corrected chi connectivity index (χ4v) is 2.93. The number of carbonyl (C=O) groups is 1. The van der Waals surface area contributed by atoms with E-state index in [-0.39, 0.29) is 18.2 Å². The van der Waals surface area contributed by atoms with E-state index in [0.717, 1.165) is 18.5 Å². The number of aliphatic hydroxyl groups excluding tert-OH is 1. The highest BCUT2D eigenvalue weighted by molar-refractivity contribution is 9.10. The van der Waals surface area contributed by atoms with Crippen molar-refractivity contribution in [1.82, 2.24) is 5.32 Å². The van der Waals surface area contributed by atoms with Gasteiger partial charge in [0, 0.05) is 25.8 Å². The van der Waals surface area contributed by atoms with Gasteiger partial charge in [-0.15, -0.1) is 0 Å². The van der Waals surface area contributed by atoms with Crippen molar-refractivity contribution in [3.05, 3.63) is 51.9 Å². The molecule has 5 nitrogen and oxygen atoms in total. The molecule has 1 aliphatic rings. The lowest BCUT2D eigenvalue weighted by Crippen LogP contribution is -2.28. The minimum absolute atomic E-state index is 0.145. The van der Waals surface area contributed by atoms with Crippen molar-refractivity contribution in [2.75, 3.05) is 25.0 Å². The number of likely N-dealkylation sites (N-methyl/N-ethyl adjacent to an activating group) is 1. The van der Waals surface area contributed by atoms with E-state index >= 15 is 0 Å². The van der Waals surface area contributed by atoms with Gasteiger partial charge in [0.15, 0.2) is 10.4 Å².